The highest BCUT2D eigenvalue weighted by atomic mass is 19.1. The van der Waals surface area contributed by atoms with Gasteiger partial charge in [0.2, 0.25) is 0 Å². The van der Waals surface area contributed by atoms with Gasteiger partial charge >= 0.3 is 0 Å². The maximum Gasteiger partial charge on any atom is 0.191 e. The number of ketones is 3. The summed E-state index contributed by atoms with van der Waals surface area (Å²) in [6, 6.07) is 1.06. The summed E-state index contributed by atoms with van der Waals surface area (Å²) in [7, 11) is 0. The number of fused-ring (bicyclic) bond motifs is 1. The molecule has 1 aliphatic rings. The smallest absolute Gasteiger partial charge is 0.191 e. The van der Waals surface area contributed by atoms with Crippen LogP contribution in [-0.2, 0) is 11.2 Å². The van der Waals surface area contributed by atoms with Crippen LogP contribution in [0.25, 0.3) is 0 Å². The fourth-order valence-corrected chi connectivity index (χ4v) is 2.65. The minimum Gasteiger partial charge on any atom is -0.312 e. The lowest BCUT2D eigenvalue weighted by Crippen LogP contribution is -2.56. The maximum atomic E-state index is 13.8. The van der Waals surface area contributed by atoms with E-state index in [-0.39, 0.29) is 17.5 Å². The molecule has 1 unspecified atom stereocenters. The molecular weight excluding hydrogens is 261 g/mol. The summed E-state index contributed by atoms with van der Waals surface area (Å²) in [5.74, 6) is -1.96. The molecule has 1 atom stereocenters. The van der Waals surface area contributed by atoms with Crippen molar-refractivity contribution in [3.05, 3.63) is 34.1 Å². The average Bonchev–Trinajstić information content (AvgIpc) is 2.37. The van der Waals surface area contributed by atoms with Gasteiger partial charge in [-0.05, 0) is 50.8 Å². The van der Waals surface area contributed by atoms with Crippen molar-refractivity contribution in [3.63, 3.8) is 0 Å². The molecule has 1 aromatic carbocycles. The number of carbonyl (C=O) groups is 3. The second kappa shape index (κ2) is 4.59. The van der Waals surface area contributed by atoms with Crippen molar-refractivity contribution in [2.24, 2.45) is 5.73 Å². The maximum absolute atomic E-state index is 13.8. The van der Waals surface area contributed by atoms with Crippen molar-refractivity contribution in [2.75, 3.05) is 0 Å². The minimum atomic E-state index is -1.61. The summed E-state index contributed by atoms with van der Waals surface area (Å²) in [5.41, 5.74) is 5.24. The highest BCUT2D eigenvalue weighted by Gasteiger charge is 2.45. The Morgan fingerprint density at radius 3 is 2.45 bits per heavy atom. The van der Waals surface area contributed by atoms with Gasteiger partial charge in [0.1, 0.15) is 11.4 Å². The lowest BCUT2D eigenvalue weighted by Gasteiger charge is -2.32. The first-order valence-corrected chi connectivity index (χ1v) is 6.37. The van der Waals surface area contributed by atoms with Crippen LogP contribution in [0.1, 0.15) is 52.1 Å². The van der Waals surface area contributed by atoms with E-state index in [0.29, 0.717) is 17.5 Å². The van der Waals surface area contributed by atoms with E-state index in [0.717, 1.165) is 6.07 Å². The summed E-state index contributed by atoms with van der Waals surface area (Å²) < 4.78 is 13.8. The first-order valence-electron chi connectivity index (χ1n) is 6.37. The number of hydrogen-bond acceptors (Lipinski definition) is 4. The van der Waals surface area contributed by atoms with Crippen LogP contribution < -0.4 is 5.73 Å². The van der Waals surface area contributed by atoms with Gasteiger partial charge in [-0.15, -0.1) is 0 Å². The lowest BCUT2D eigenvalue weighted by atomic mass is 9.72. The van der Waals surface area contributed by atoms with E-state index in [2.05, 4.69) is 0 Å². The minimum absolute atomic E-state index is 0.00359. The van der Waals surface area contributed by atoms with Gasteiger partial charge in [-0.25, -0.2) is 4.39 Å². The third-order valence-electron chi connectivity index (χ3n) is 4.06. The monoisotopic (exact) mass is 277 g/mol. The Hall–Kier alpha value is -1.88. The summed E-state index contributed by atoms with van der Waals surface area (Å²) in [6.07, 6.45) is 0.441. The highest BCUT2D eigenvalue weighted by molar-refractivity contribution is 6.22. The van der Waals surface area contributed by atoms with Gasteiger partial charge in [0.15, 0.2) is 17.3 Å². The van der Waals surface area contributed by atoms with Gasteiger partial charge in [0.05, 0.1) is 0 Å². The lowest BCUT2D eigenvalue weighted by molar-refractivity contribution is -0.120. The Bertz CT molecular complexity index is 651. The fourth-order valence-electron chi connectivity index (χ4n) is 2.65. The zero-order valence-corrected chi connectivity index (χ0v) is 11.7. The molecule has 0 heterocycles. The predicted octanol–water partition coefficient (Wildman–Crippen LogP) is 1.75. The van der Waals surface area contributed by atoms with E-state index in [9.17, 15) is 18.8 Å². The molecule has 0 aliphatic heterocycles. The Balaban J connectivity index is 2.78. The van der Waals surface area contributed by atoms with E-state index in [1.807, 2.05) is 0 Å². The van der Waals surface area contributed by atoms with Crippen molar-refractivity contribution in [2.45, 2.75) is 39.2 Å². The van der Waals surface area contributed by atoms with Gasteiger partial charge < -0.3 is 5.73 Å². The zero-order chi connectivity index (χ0) is 15.2. The van der Waals surface area contributed by atoms with Gasteiger partial charge in [-0.2, -0.15) is 0 Å². The molecule has 0 saturated carbocycles. The van der Waals surface area contributed by atoms with Crippen molar-refractivity contribution in [1.82, 2.24) is 0 Å². The first-order chi connectivity index (χ1) is 9.20. The number of rotatable bonds is 2. The van der Waals surface area contributed by atoms with Gasteiger partial charge in [0, 0.05) is 11.1 Å². The third kappa shape index (κ3) is 1.89. The molecule has 0 fully saturated rings. The number of halogens is 1. The molecule has 0 saturated heterocycles. The Morgan fingerprint density at radius 1 is 1.35 bits per heavy atom. The largest absolute Gasteiger partial charge is 0.312 e. The molecular formula is C15H16FNO3. The zero-order valence-electron chi connectivity index (χ0n) is 11.7. The van der Waals surface area contributed by atoms with Crippen LogP contribution in [0.5, 0.6) is 0 Å². The predicted molar refractivity (Wildman–Crippen MR) is 71.4 cm³/mol. The van der Waals surface area contributed by atoms with Crippen molar-refractivity contribution < 1.29 is 18.8 Å². The van der Waals surface area contributed by atoms with Crippen LogP contribution in [0.2, 0.25) is 0 Å². The number of carbonyl (C=O) groups excluding carboxylic acids is 3. The van der Waals surface area contributed by atoms with Crippen LogP contribution in [0.15, 0.2) is 6.07 Å². The quantitative estimate of drug-likeness (QED) is 0.660. The molecule has 0 bridgehead atoms. The van der Waals surface area contributed by atoms with Crippen LogP contribution >= 0.6 is 0 Å². The molecule has 2 rings (SSSR count). The van der Waals surface area contributed by atoms with Crippen molar-refractivity contribution in [1.29, 1.82) is 0 Å². The van der Waals surface area contributed by atoms with Crippen LogP contribution in [-0.4, -0.2) is 22.9 Å². The van der Waals surface area contributed by atoms with Crippen molar-refractivity contribution >= 4 is 17.3 Å². The molecule has 20 heavy (non-hydrogen) atoms. The Morgan fingerprint density at radius 2 is 1.95 bits per heavy atom. The molecule has 1 aromatic rings. The first kappa shape index (κ1) is 14.5. The summed E-state index contributed by atoms with van der Waals surface area (Å²) >= 11 is 0. The second-order valence-corrected chi connectivity index (χ2v) is 5.30. The van der Waals surface area contributed by atoms with Gasteiger partial charge in [0.25, 0.3) is 0 Å². The molecule has 0 aromatic heterocycles. The van der Waals surface area contributed by atoms with E-state index >= 15 is 0 Å². The van der Waals surface area contributed by atoms with Gasteiger partial charge in [-0.3, -0.25) is 14.4 Å². The van der Waals surface area contributed by atoms with Crippen LogP contribution in [0.3, 0.4) is 0 Å². The van der Waals surface area contributed by atoms with E-state index in [1.54, 1.807) is 6.92 Å². The summed E-state index contributed by atoms with van der Waals surface area (Å²) in [4.78, 5) is 35.9. The SMILES string of the molecule is CC(=O)c1cc(F)c(C)c2c1C(=O)C(N)(C(C)=O)CC2. The second-order valence-electron chi connectivity index (χ2n) is 5.30. The van der Waals surface area contributed by atoms with E-state index < -0.39 is 28.7 Å². The fraction of sp³-hybridized carbons (Fsp3) is 0.400. The van der Waals surface area contributed by atoms with Crippen molar-refractivity contribution in [3.8, 4) is 0 Å². The molecule has 1 aliphatic carbocycles. The molecule has 0 radical (unpaired) electrons. The molecule has 5 heteroatoms. The van der Waals surface area contributed by atoms with E-state index in [4.69, 9.17) is 5.73 Å². The highest BCUT2D eigenvalue weighted by Crippen LogP contribution is 2.33. The average molecular weight is 277 g/mol. The molecule has 0 amide bonds. The van der Waals surface area contributed by atoms with Crippen LogP contribution in [0, 0.1) is 12.7 Å². The normalized spacial score (nSPS) is 21.6. The molecule has 0 spiro atoms. The molecule has 4 nitrogen and oxygen atoms in total. The number of Topliss-reactive ketones (excluding diaryl/α,β-unsaturated/α-hetero) is 3. The standard InChI is InChI=1S/C15H16FNO3/c1-7-10-4-5-15(17,9(3)19)14(20)13(10)11(8(2)18)6-12(7)16/h6H,4-5,17H2,1-3H3. The number of nitrogens with two attached hydrogens (primary N) is 1. The Labute approximate surface area is 116 Å². The summed E-state index contributed by atoms with van der Waals surface area (Å²) in [5, 5.41) is 0. The van der Waals surface area contributed by atoms with Crippen LogP contribution in [0.4, 0.5) is 4.39 Å². The van der Waals surface area contributed by atoms with Gasteiger partial charge in [-0.1, -0.05) is 0 Å². The number of hydrogen-bond donors (Lipinski definition) is 1. The third-order valence-corrected chi connectivity index (χ3v) is 4.06. The Kier molecular flexibility index (Phi) is 3.34. The van der Waals surface area contributed by atoms with E-state index in [1.165, 1.54) is 13.8 Å². The molecule has 106 valence electrons. The molecule has 2 N–H and O–H groups in total. The topological polar surface area (TPSA) is 77.2 Å². The summed E-state index contributed by atoms with van der Waals surface area (Å²) in [6.45, 7) is 4.08. The number of benzene rings is 1.